The smallest absolute Gasteiger partial charge is 0.257 e. The first-order valence-corrected chi connectivity index (χ1v) is 9.67. The van der Waals surface area contributed by atoms with E-state index in [0.29, 0.717) is 11.4 Å². The van der Waals surface area contributed by atoms with Gasteiger partial charge in [0.2, 0.25) is 15.9 Å². The van der Waals surface area contributed by atoms with Gasteiger partial charge in [-0.15, -0.1) is 0 Å². The van der Waals surface area contributed by atoms with Crippen molar-refractivity contribution in [2.75, 3.05) is 25.5 Å². The highest BCUT2D eigenvalue weighted by atomic mass is 32.2. The number of carbonyl (C=O) groups is 2. The van der Waals surface area contributed by atoms with E-state index in [2.05, 4.69) is 15.4 Å². The molecule has 0 spiro atoms. The molecule has 0 fully saturated rings. The number of hydrogen-bond donors (Lipinski definition) is 3. The van der Waals surface area contributed by atoms with Gasteiger partial charge in [-0.25, -0.2) is 13.1 Å². The van der Waals surface area contributed by atoms with E-state index in [9.17, 15) is 18.0 Å². The maximum Gasteiger partial charge on any atom is 0.257 e. The third kappa shape index (κ3) is 6.72. The molecule has 2 aromatic rings. The van der Waals surface area contributed by atoms with Crippen LogP contribution in [0.5, 0.6) is 5.75 Å². The Labute approximate surface area is 158 Å². The van der Waals surface area contributed by atoms with Gasteiger partial charge in [-0.05, 0) is 24.3 Å². The molecule has 0 aromatic heterocycles. The molecule has 8 nitrogen and oxygen atoms in total. The lowest BCUT2D eigenvalue weighted by molar-refractivity contribution is -0.122. The summed E-state index contributed by atoms with van der Waals surface area (Å²) < 4.78 is 31.8. The molecule has 0 saturated carbocycles. The predicted molar refractivity (Wildman–Crippen MR) is 101 cm³/mol. The molecule has 0 radical (unpaired) electrons. The molecular weight excluding hydrogens is 370 g/mol. The topological polar surface area (TPSA) is 114 Å². The van der Waals surface area contributed by atoms with E-state index in [4.69, 9.17) is 4.74 Å². The maximum atomic E-state index is 12.1. The third-order valence-electron chi connectivity index (χ3n) is 3.46. The molecule has 0 aliphatic rings. The number of nitrogens with one attached hydrogen (secondary N) is 3. The minimum Gasteiger partial charge on any atom is -0.484 e. The molecule has 2 amide bonds. The Morgan fingerprint density at radius 1 is 1.00 bits per heavy atom. The Morgan fingerprint density at radius 3 is 2.44 bits per heavy atom. The SMILES string of the molecule is CNC(=O)COc1cccc(NC(=O)CCNS(=O)(=O)c2ccccc2)c1. The minimum absolute atomic E-state index is 0.0318. The fourth-order valence-corrected chi connectivity index (χ4v) is 3.14. The number of carbonyl (C=O) groups excluding carboxylic acids is 2. The molecule has 0 heterocycles. The fraction of sp³-hybridized carbons (Fsp3) is 0.222. The summed E-state index contributed by atoms with van der Waals surface area (Å²) in [5, 5.41) is 5.10. The van der Waals surface area contributed by atoms with Crippen molar-refractivity contribution in [2.45, 2.75) is 11.3 Å². The van der Waals surface area contributed by atoms with Gasteiger partial charge in [0.25, 0.3) is 5.91 Å². The van der Waals surface area contributed by atoms with Crippen LogP contribution in [0.15, 0.2) is 59.5 Å². The molecule has 27 heavy (non-hydrogen) atoms. The van der Waals surface area contributed by atoms with Crippen molar-refractivity contribution in [1.29, 1.82) is 0 Å². The van der Waals surface area contributed by atoms with Crippen molar-refractivity contribution < 1.29 is 22.7 Å². The van der Waals surface area contributed by atoms with Gasteiger partial charge in [0.05, 0.1) is 4.90 Å². The molecule has 0 aliphatic carbocycles. The Bertz CT molecular complexity index is 885. The molecule has 9 heteroatoms. The highest BCUT2D eigenvalue weighted by molar-refractivity contribution is 7.89. The monoisotopic (exact) mass is 391 g/mol. The van der Waals surface area contributed by atoms with Crippen molar-refractivity contribution in [3.05, 3.63) is 54.6 Å². The molecule has 2 aromatic carbocycles. The highest BCUT2D eigenvalue weighted by Gasteiger charge is 2.13. The van der Waals surface area contributed by atoms with Gasteiger partial charge in [-0.1, -0.05) is 24.3 Å². The van der Waals surface area contributed by atoms with Gasteiger partial charge in [0, 0.05) is 31.8 Å². The molecule has 144 valence electrons. The predicted octanol–water partition coefficient (Wildman–Crippen LogP) is 1.12. The number of sulfonamides is 1. The van der Waals surface area contributed by atoms with E-state index < -0.39 is 10.0 Å². The number of hydrogen-bond acceptors (Lipinski definition) is 5. The summed E-state index contributed by atoms with van der Waals surface area (Å²) in [5.74, 6) is -0.189. The van der Waals surface area contributed by atoms with Gasteiger partial charge >= 0.3 is 0 Å². The van der Waals surface area contributed by atoms with Gasteiger partial charge < -0.3 is 15.4 Å². The van der Waals surface area contributed by atoms with E-state index in [1.165, 1.54) is 19.2 Å². The quantitative estimate of drug-likeness (QED) is 0.593. The average molecular weight is 391 g/mol. The number of rotatable bonds is 9. The van der Waals surface area contributed by atoms with Crippen LogP contribution in [0.1, 0.15) is 6.42 Å². The normalized spacial score (nSPS) is 10.9. The van der Waals surface area contributed by atoms with Crippen LogP contribution in [0.3, 0.4) is 0 Å². The van der Waals surface area contributed by atoms with Crippen molar-refractivity contribution in [3.63, 3.8) is 0 Å². The number of ether oxygens (including phenoxy) is 1. The molecule has 0 bridgehead atoms. The summed E-state index contributed by atoms with van der Waals surface area (Å²) in [6, 6.07) is 14.5. The van der Waals surface area contributed by atoms with E-state index in [1.807, 2.05) is 0 Å². The van der Waals surface area contributed by atoms with Crippen LogP contribution in [-0.2, 0) is 19.6 Å². The van der Waals surface area contributed by atoms with Crippen LogP contribution in [0.4, 0.5) is 5.69 Å². The first-order chi connectivity index (χ1) is 12.9. The lowest BCUT2D eigenvalue weighted by Gasteiger charge is -2.09. The average Bonchev–Trinajstić information content (AvgIpc) is 2.67. The maximum absolute atomic E-state index is 12.1. The molecule has 2 rings (SSSR count). The molecule has 0 saturated heterocycles. The van der Waals surface area contributed by atoms with Crippen LogP contribution in [-0.4, -0.2) is 40.4 Å². The van der Waals surface area contributed by atoms with Crippen LogP contribution in [0.25, 0.3) is 0 Å². The van der Waals surface area contributed by atoms with E-state index in [0.717, 1.165) is 0 Å². The zero-order chi connectivity index (χ0) is 19.7. The third-order valence-corrected chi connectivity index (χ3v) is 4.94. The van der Waals surface area contributed by atoms with Crippen molar-refractivity contribution in [1.82, 2.24) is 10.0 Å². The highest BCUT2D eigenvalue weighted by Crippen LogP contribution is 2.17. The second-order valence-corrected chi connectivity index (χ2v) is 7.27. The van der Waals surface area contributed by atoms with E-state index in [-0.39, 0.29) is 36.3 Å². The second kappa shape index (κ2) is 9.70. The number of amides is 2. The molecule has 0 aliphatic heterocycles. The molecule has 0 atom stereocenters. The standard InChI is InChI=1S/C18H21N3O5S/c1-19-18(23)13-26-15-7-5-6-14(12-15)21-17(22)10-11-20-27(24,25)16-8-3-2-4-9-16/h2-9,12,20H,10-11,13H2,1H3,(H,19,23)(H,21,22). The van der Waals surface area contributed by atoms with Gasteiger partial charge in [0.15, 0.2) is 6.61 Å². The van der Waals surface area contributed by atoms with Gasteiger partial charge in [0.1, 0.15) is 5.75 Å². The summed E-state index contributed by atoms with van der Waals surface area (Å²) in [7, 11) is -2.13. The second-order valence-electron chi connectivity index (χ2n) is 5.50. The number of benzene rings is 2. The van der Waals surface area contributed by atoms with Crippen molar-refractivity contribution in [2.24, 2.45) is 0 Å². The summed E-state index contributed by atoms with van der Waals surface area (Å²) in [6.45, 7) is -0.162. The Kier molecular flexibility index (Phi) is 7.33. The zero-order valence-corrected chi connectivity index (χ0v) is 15.6. The van der Waals surface area contributed by atoms with E-state index >= 15 is 0 Å². The van der Waals surface area contributed by atoms with E-state index in [1.54, 1.807) is 42.5 Å². The van der Waals surface area contributed by atoms with Gasteiger partial charge in [-0.3, -0.25) is 9.59 Å². The largest absolute Gasteiger partial charge is 0.484 e. The van der Waals surface area contributed by atoms with Crippen LogP contribution >= 0.6 is 0 Å². The number of anilines is 1. The Morgan fingerprint density at radius 2 is 1.74 bits per heavy atom. The fourth-order valence-electron chi connectivity index (χ4n) is 2.09. The molecular formula is C18H21N3O5S. The van der Waals surface area contributed by atoms with Crippen LogP contribution in [0.2, 0.25) is 0 Å². The van der Waals surface area contributed by atoms with Crippen molar-refractivity contribution in [3.8, 4) is 5.75 Å². The lowest BCUT2D eigenvalue weighted by Crippen LogP contribution is -2.27. The number of likely N-dealkylation sites (N-methyl/N-ethyl adjacent to an activating group) is 1. The summed E-state index contributed by atoms with van der Waals surface area (Å²) in [5.41, 5.74) is 0.486. The Balaban J connectivity index is 1.83. The van der Waals surface area contributed by atoms with Crippen LogP contribution in [0, 0.1) is 0 Å². The van der Waals surface area contributed by atoms with Crippen molar-refractivity contribution >= 4 is 27.5 Å². The first-order valence-electron chi connectivity index (χ1n) is 8.19. The van der Waals surface area contributed by atoms with Gasteiger partial charge in [-0.2, -0.15) is 0 Å². The summed E-state index contributed by atoms with van der Waals surface area (Å²) in [4.78, 5) is 23.3. The summed E-state index contributed by atoms with van der Waals surface area (Å²) >= 11 is 0. The lowest BCUT2D eigenvalue weighted by atomic mass is 10.3. The zero-order valence-electron chi connectivity index (χ0n) is 14.8. The Hall–Kier alpha value is -2.91. The first kappa shape index (κ1) is 20.4. The summed E-state index contributed by atoms with van der Waals surface area (Å²) in [6.07, 6.45) is -0.0324. The molecule has 3 N–H and O–H groups in total. The molecule has 0 unspecified atom stereocenters. The minimum atomic E-state index is -3.64. The van der Waals surface area contributed by atoms with Crippen LogP contribution < -0.4 is 20.1 Å².